The Morgan fingerprint density at radius 3 is 3.06 bits per heavy atom. The first kappa shape index (κ1) is 14.0. The number of rotatable bonds is 5. The normalized spacial score (nSPS) is 21.7. The van der Waals surface area contributed by atoms with Gasteiger partial charge in [-0.2, -0.15) is 0 Å². The summed E-state index contributed by atoms with van der Waals surface area (Å²) in [4.78, 5) is 1.56. The van der Waals surface area contributed by atoms with Crippen molar-refractivity contribution < 1.29 is 4.74 Å². The fraction of sp³-hybridized carbons (Fsp3) is 0.733. The first-order valence-corrected chi connectivity index (χ1v) is 7.78. The van der Waals surface area contributed by atoms with E-state index in [4.69, 9.17) is 10.5 Å². The highest BCUT2D eigenvalue weighted by Gasteiger charge is 2.28. The van der Waals surface area contributed by atoms with Crippen molar-refractivity contribution >= 4 is 11.3 Å². The lowest BCUT2D eigenvalue weighted by molar-refractivity contribution is 0.0119. The van der Waals surface area contributed by atoms with Gasteiger partial charge in [-0.15, -0.1) is 11.3 Å². The predicted octanol–water partition coefficient (Wildman–Crippen LogP) is 3.70. The summed E-state index contributed by atoms with van der Waals surface area (Å²) in [6, 6.07) is 2.55. The van der Waals surface area contributed by atoms with E-state index < -0.39 is 0 Å². The minimum absolute atomic E-state index is 0.0518. The fourth-order valence-electron chi connectivity index (χ4n) is 2.78. The molecule has 0 saturated heterocycles. The summed E-state index contributed by atoms with van der Waals surface area (Å²) in [5, 5.41) is 2.22. The first-order chi connectivity index (χ1) is 8.53. The van der Waals surface area contributed by atoms with Gasteiger partial charge in [0.1, 0.15) is 0 Å². The molecular formula is C15H25NOS. The van der Waals surface area contributed by atoms with Crippen LogP contribution in [0.2, 0.25) is 0 Å². The highest BCUT2D eigenvalue weighted by molar-refractivity contribution is 7.10. The van der Waals surface area contributed by atoms with Gasteiger partial charge >= 0.3 is 0 Å². The van der Waals surface area contributed by atoms with Crippen molar-refractivity contribution in [3.05, 3.63) is 21.9 Å². The molecule has 0 bridgehead atoms. The lowest BCUT2D eigenvalue weighted by Gasteiger charge is -2.31. The standard InChI is InChI=1S/C15H25NOS/c1-15(2,17-3)9-7-13(16)11-5-4-6-14-12(11)8-10-18-14/h8,10-11,13H,4-7,9,16H2,1-3H3. The summed E-state index contributed by atoms with van der Waals surface area (Å²) in [6.07, 6.45) is 5.86. The summed E-state index contributed by atoms with van der Waals surface area (Å²) < 4.78 is 5.48. The second-order valence-corrected chi connectivity index (χ2v) is 6.96. The van der Waals surface area contributed by atoms with E-state index in [2.05, 4.69) is 25.3 Å². The Hall–Kier alpha value is -0.380. The number of ether oxygens (including phenoxy) is 1. The SMILES string of the molecule is COC(C)(C)CCC(N)C1CCCc2sccc21. The zero-order valence-electron chi connectivity index (χ0n) is 11.7. The maximum absolute atomic E-state index is 6.43. The Morgan fingerprint density at radius 1 is 1.56 bits per heavy atom. The number of methoxy groups -OCH3 is 1. The Kier molecular flexibility index (Phi) is 4.46. The monoisotopic (exact) mass is 267 g/mol. The Bertz CT molecular complexity index is 386. The zero-order valence-corrected chi connectivity index (χ0v) is 12.6. The van der Waals surface area contributed by atoms with Crippen LogP contribution in [0.25, 0.3) is 0 Å². The van der Waals surface area contributed by atoms with Crippen LogP contribution in [0.5, 0.6) is 0 Å². The summed E-state index contributed by atoms with van der Waals surface area (Å²) in [5.74, 6) is 0.563. The molecule has 2 rings (SSSR count). The molecule has 0 spiro atoms. The molecular weight excluding hydrogens is 242 g/mol. The lowest BCUT2D eigenvalue weighted by atomic mass is 9.80. The van der Waals surface area contributed by atoms with Crippen molar-refractivity contribution in [2.24, 2.45) is 5.73 Å². The molecule has 1 aliphatic rings. The van der Waals surface area contributed by atoms with Crippen LogP contribution in [0.4, 0.5) is 0 Å². The van der Waals surface area contributed by atoms with E-state index in [1.54, 1.807) is 12.0 Å². The van der Waals surface area contributed by atoms with E-state index >= 15 is 0 Å². The summed E-state index contributed by atoms with van der Waals surface area (Å²) in [7, 11) is 1.78. The fourth-order valence-corrected chi connectivity index (χ4v) is 3.78. The molecule has 0 fully saturated rings. The van der Waals surface area contributed by atoms with Crippen LogP contribution in [0.15, 0.2) is 11.4 Å². The molecule has 18 heavy (non-hydrogen) atoms. The van der Waals surface area contributed by atoms with Gasteiger partial charge in [0.25, 0.3) is 0 Å². The van der Waals surface area contributed by atoms with E-state index in [9.17, 15) is 0 Å². The molecule has 0 aliphatic heterocycles. The van der Waals surface area contributed by atoms with Crippen LogP contribution in [0.1, 0.15) is 55.9 Å². The number of nitrogens with two attached hydrogens (primary N) is 1. The largest absolute Gasteiger partial charge is 0.379 e. The average molecular weight is 267 g/mol. The molecule has 1 aromatic rings. The number of aryl methyl sites for hydroxylation is 1. The van der Waals surface area contributed by atoms with Gasteiger partial charge in [0, 0.05) is 23.9 Å². The second kappa shape index (κ2) is 5.72. The lowest BCUT2D eigenvalue weighted by Crippen LogP contribution is -2.33. The van der Waals surface area contributed by atoms with E-state index in [0.717, 1.165) is 12.8 Å². The van der Waals surface area contributed by atoms with Gasteiger partial charge in [0.2, 0.25) is 0 Å². The van der Waals surface area contributed by atoms with Crippen LogP contribution in [-0.2, 0) is 11.2 Å². The van der Waals surface area contributed by atoms with Crippen molar-refractivity contribution in [3.8, 4) is 0 Å². The molecule has 2 nitrogen and oxygen atoms in total. The maximum Gasteiger partial charge on any atom is 0.0623 e. The molecule has 0 aromatic carbocycles. The molecule has 1 aliphatic carbocycles. The average Bonchev–Trinajstić information content (AvgIpc) is 2.84. The zero-order chi connectivity index (χ0) is 13.2. The van der Waals surface area contributed by atoms with Crippen LogP contribution in [0.3, 0.4) is 0 Å². The van der Waals surface area contributed by atoms with Gasteiger partial charge in [0.15, 0.2) is 0 Å². The molecule has 102 valence electrons. The van der Waals surface area contributed by atoms with Crippen molar-refractivity contribution in [3.63, 3.8) is 0 Å². The molecule has 0 radical (unpaired) electrons. The smallest absolute Gasteiger partial charge is 0.0623 e. The predicted molar refractivity (Wildman–Crippen MR) is 78.3 cm³/mol. The summed E-state index contributed by atoms with van der Waals surface area (Å²) >= 11 is 1.89. The molecule has 0 saturated carbocycles. The molecule has 1 heterocycles. The van der Waals surface area contributed by atoms with Gasteiger partial charge in [0.05, 0.1) is 5.60 Å². The second-order valence-electron chi connectivity index (χ2n) is 5.96. The van der Waals surface area contributed by atoms with Crippen LogP contribution in [0, 0.1) is 0 Å². The minimum Gasteiger partial charge on any atom is -0.379 e. The van der Waals surface area contributed by atoms with Crippen molar-refractivity contribution in [2.45, 2.75) is 63.5 Å². The van der Waals surface area contributed by atoms with Crippen LogP contribution >= 0.6 is 11.3 Å². The van der Waals surface area contributed by atoms with E-state index in [1.165, 1.54) is 24.8 Å². The quantitative estimate of drug-likeness (QED) is 0.883. The third kappa shape index (κ3) is 3.14. The first-order valence-electron chi connectivity index (χ1n) is 6.90. The number of hydrogen-bond acceptors (Lipinski definition) is 3. The Balaban J connectivity index is 1.97. The molecule has 0 amide bonds. The van der Waals surface area contributed by atoms with Gasteiger partial charge < -0.3 is 10.5 Å². The molecule has 1 aromatic heterocycles. The third-order valence-electron chi connectivity index (χ3n) is 4.25. The van der Waals surface area contributed by atoms with Gasteiger partial charge in [-0.05, 0) is 63.0 Å². The minimum atomic E-state index is -0.0518. The van der Waals surface area contributed by atoms with Crippen molar-refractivity contribution in [2.75, 3.05) is 7.11 Å². The van der Waals surface area contributed by atoms with Crippen molar-refractivity contribution in [1.29, 1.82) is 0 Å². The number of thiophene rings is 1. The van der Waals surface area contributed by atoms with Gasteiger partial charge in [-0.1, -0.05) is 0 Å². The number of hydrogen-bond donors (Lipinski definition) is 1. The number of fused-ring (bicyclic) bond motifs is 1. The molecule has 2 N–H and O–H groups in total. The van der Waals surface area contributed by atoms with E-state index in [-0.39, 0.29) is 11.6 Å². The highest BCUT2D eigenvalue weighted by Crippen LogP contribution is 2.37. The topological polar surface area (TPSA) is 35.2 Å². The van der Waals surface area contributed by atoms with Gasteiger partial charge in [-0.3, -0.25) is 0 Å². The Morgan fingerprint density at radius 2 is 2.33 bits per heavy atom. The highest BCUT2D eigenvalue weighted by atomic mass is 32.1. The third-order valence-corrected chi connectivity index (χ3v) is 5.24. The Labute approximate surface area is 115 Å². The van der Waals surface area contributed by atoms with E-state index in [1.807, 2.05) is 11.3 Å². The molecule has 2 atom stereocenters. The summed E-state index contributed by atoms with van der Waals surface area (Å²) in [6.45, 7) is 4.27. The van der Waals surface area contributed by atoms with E-state index in [0.29, 0.717) is 5.92 Å². The molecule has 2 unspecified atom stereocenters. The molecule has 3 heteroatoms. The van der Waals surface area contributed by atoms with Crippen molar-refractivity contribution in [1.82, 2.24) is 0 Å². The maximum atomic E-state index is 6.43. The van der Waals surface area contributed by atoms with Gasteiger partial charge in [-0.25, -0.2) is 0 Å². The summed E-state index contributed by atoms with van der Waals surface area (Å²) in [5.41, 5.74) is 7.90. The van der Waals surface area contributed by atoms with Crippen LogP contribution < -0.4 is 5.73 Å². The van der Waals surface area contributed by atoms with Crippen LogP contribution in [-0.4, -0.2) is 18.8 Å².